The van der Waals surface area contributed by atoms with E-state index in [1.807, 2.05) is 6.92 Å². The van der Waals surface area contributed by atoms with E-state index >= 15 is 0 Å². The second-order valence-corrected chi connectivity index (χ2v) is 2.16. The molecule has 0 atom stereocenters. The van der Waals surface area contributed by atoms with E-state index in [-0.39, 0.29) is 12.3 Å². The maximum Gasteiger partial charge on any atom is 0.315 e. The molecule has 4 nitrogen and oxygen atoms in total. The monoisotopic (exact) mass is 159 g/mol. The van der Waals surface area contributed by atoms with Gasteiger partial charge in [0.1, 0.15) is 6.42 Å². The fourth-order valence-corrected chi connectivity index (χ4v) is 0.507. The minimum absolute atomic E-state index is 0.166. The molecule has 0 aromatic rings. The molecule has 0 spiro atoms. The molecule has 0 aromatic heterocycles. The summed E-state index contributed by atoms with van der Waals surface area (Å²) < 4.78 is 4.33. The molecule has 0 aliphatic carbocycles. The van der Waals surface area contributed by atoms with Crippen LogP contribution in [0.2, 0.25) is 0 Å². The number of hydrogen-bond acceptors (Lipinski definition) is 3. The van der Waals surface area contributed by atoms with Crippen LogP contribution in [0.25, 0.3) is 0 Å². The van der Waals surface area contributed by atoms with E-state index in [9.17, 15) is 9.59 Å². The second kappa shape index (κ2) is 4.71. The van der Waals surface area contributed by atoms with Gasteiger partial charge in [0, 0.05) is 13.6 Å². The van der Waals surface area contributed by atoms with Crippen LogP contribution in [0.15, 0.2) is 0 Å². The number of nitrogens with zero attached hydrogens (tertiary/aromatic N) is 1. The fourth-order valence-electron chi connectivity index (χ4n) is 0.507. The summed E-state index contributed by atoms with van der Waals surface area (Å²) in [4.78, 5) is 23.0. The van der Waals surface area contributed by atoms with Crippen LogP contribution in [0, 0.1) is 0 Å². The lowest BCUT2D eigenvalue weighted by Gasteiger charge is -2.12. The van der Waals surface area contributed by atoms with Crippen molar-refractivity contribution in [3.63, 3.8) is 0 Å². The fraction of sp³-hybridized carbons (Fsp3) is 0.714. The summed E-state index contributed by atoms with van der Waals surface area (Å²) in [6, 6.07) is 0. The van der Waals surface area contributed by atoms with E-state index in [2.05, 4.69) is 4.74 Å². The molecule has 0 aliphatic rings. The lowest BCUT2D eigenvalue weighted by atomic mass is 10.4. The number of hydrogen-bond donors (Lipinski definition) is 0. The molecule has 0 unspecified atom stereocenters. The number of carbonyl (C=O) groups is 2. The van der Waals surface area contributed by atoms with Gasteiger partial charge in [-0.2, -0.15) is 0 Å². The summed E-state index contributed by atoms with van der Waals surface area (Å²) in [7, 11) is 2.91. The van der Waals surface area contributed by atoms with Crippen molar-refractivity contribution < 1.29 is 14.3 Å². The van der Waals surface area contributed by atoms with Gasteiger partial charge in [0.2, 0.25) is 5.91 Å². The van der Waals surface area contributed by atoms with Crippen molar-refractivity contribution in [1.82, 2.24) is 4.90 Å². The van der Waals surface area contributed by atoms with Crippen molar-refractivity contribution in [2.75, 3.05) is 20.7 Å². The first-order valence-corrected chi connectivity index (χ1v) is 3.42. The summed E-state index contributed by atoms with van der Waals surface area (Å²) in [5, 5.41) is 0. The molecule has 0 bridgehead atoms. The van der Waals surface area contributed by atoms with E-state index < -0.39 is 5.97 Å². The number of ether oxygens (including phenoxy) is 1. The molecule has 0 saturated carbocycles. The number of amides is 1. The third-order valence-electron chi connectivity index (χ3n) is 1.42. The van der Waals surface area contributed by atoms with Gasteiger partial charge in [0.05, 0.1) is 7.11 Å². The Morgan fingerprint density at radius 2 is 2.00 bits per heavy atom. The first-order chi connectivity index (χ1) is 5.11. The summed E-state index contributed by atoms with van der Waals surface area (Å²) in [5.74, 6) is -0.699. The Hall–Kier alpha value is -1.06. The Balaban J connectivity index is 3.77. The Morgan fingerprint density at radius 1 is 1.45 bits per heavy atom. The highest BCUT2D eigenvalue weighted by molar-refractivity contribution is 5.94. The van der Waals surface area contributed by atoms with E-state index in [0.717, 1.165) is 0 Å². The maximum absolute atomic E-state index is 11.0. The lowest BCUT2D eigenvalue weighted by Crippen LogP contribution is -2.28. The number of rotatable bonds is 3. The Bertz CT molecular complexity index is 156. The highest BCUT2D eigenvalue weighted by atomic mass is 16.5. The standard InChI is InChI=1S/C7H13NO3/c1-4-8(2)6(9)5-7(10)11-3/h4-5H2,1-3H3. The molecule has 0 rings (SSSR count). The zero-order chi connectivity index (χ0) is 8.85. The average Bonchev–Trinajstić information content (AvgIpc) is 2.02. The van der Waals surface area contributed by atoms with E-state index in [0.29, 0.717) is 6.54 Å². The van der Waals surface area contributed by atoms with Gasteiger partial charge in [0.25, 0.3) is 0 Å². The second-order valence-electron chi connectivity index (χ2n) is 2.16. The highest BCUT2D eigenvalue weighted by Gasteiger charge is 2.11. The number of methoxy groups -OCH3 is 1. The average molecular weight is 159 g/mol. The minimum Gasteiger partial charge on any atom is -0.469 e. The van der Waals surface area contributed by atoms with Crippen molar-refractivity contribution >= 4 is 11.9 Å². The zero-order valence-corrected chi connectivity index (χ0v) is 7.09. The predicted octanol–water partition coefficient (Wildman–Crippen LogP) is 0.0278. The van der Waals surface area contributed by atoms with Crippen LogP contribution < -0.4 is 0 Å². The van der Waals surface area contributed by atoms with E-state index in [1.54, 1.807) is 7.05 Å². The molecule has 0 saturated heterocycles. The van der Waals surface area contributed by atoms with Crippen LogP contribution in [0.3, 0.4) is 0 Å². The molecule has 0 N–H and O–H groups in total. The van der Waals surface area contributed by atoms with E-state index in [1.165, 1.54) is 12.0 Å². The third-order valence-corrected chi connectivity index (χ3v) is 1.42. The van der Waals surface area contributed by atoms with Crippen LogP contribution in [-0.2, 0) is 14.3 Å². The van der Waals surface area contributed by atoms with Crippen LogP contribution in [0.4, 0.5) is 0 Å². The van der Waals surface area contributed by atoms with Gasteiger partial charge < -0.3 is 9.64 Å². The zero-order valence-electron chi connectivity index (χ0n) is 7.09. The highest BCUT2D eigenvalue weighted by Crippen LogP contribution is 1.91. The van der Waals surface area contributed by atoms with Gasteiger partial charge in [-0.25, -0.2) is 0 Å². The van der Waals surface area contributed by atoms with Crippen molar-refractivity contribution in [1.29, 1.82) is 0 Å². The summed E-state index contributed by atoms with van der Waals surface area (Å²) in [6.07, 6.45) is -0.166. The molecular weight excluding hydrogens is 146 g/mol. The van der Waals surface area contributed by atoms with Gasteiger partial charge in [-0.1, -0.05) is 0 Å². The Kier molecular flexibility index (Phi) is 4.26. The van der Waals surface area contributed by atoms with Crippen LogP contribution in [0.5, 0.6) is 0 Å². The molecule has 0 radical (unpaired) electrons. The van der Waals surface area contributed by atoms with Gasteiger partial charge in [-0.3, -0.25) is 9.59 Å². The number of carbonyl (C=O) groups excluding carboxylic acids is 2. The lowest BCUT2D eigenvalue weighted by molar-refractivity contribution is -0.146. The molecule has 0 fully saturated rings. The van der Waals surface area contributed by atoms with E-state index in [4.69, 9.17) is 0 Å². The topological polar surface area (TPSA) is 46.6 Å². The van der Waals surface area contributed by atoms with Gasteiger partial charge in [0.15, 0.2) is 0 Å². The normalized spacial score (nSPS) is 9.00. The first kappa shape index (κ1) is 9.94. The van der Waals surface area contributed by atoms with Gasteiger partial charge in [-0.05, 0) is 6.92 Å². The molecule has 0 aliphatic heterocycles. The summed E-state index contributed by atoms with van der Waals surface area (Å²) >= 11 is 0. The molecule has 0 heterocycles. The molecule has 0 aromatic carbocycles. The van der Waals surface area contributed by atoms with Crippen LogP contribution in [-0.4, -0.2) is 37.5 Å². The smallest absolute Gasteiger partial charge is 0.315 e. The minimum atomic E-state index is -0.490. The summed E-state index contributed by atoms with van der Waals surface area (Å²) in [5.41, 5.74) is 0. The van der Waals surface area contributed by atoms with Crippen molar-refractivity contribution in [3.05, 3.63) is 0 Å². The first-order valence-electron chi connectivity index (χ1n) is 3.42. The summed E-state index contributed by atoms with van der Waals surface area (Å²) in [6.45, 7) is 2.45. The van der Waals surface area contributed by atoms with Crippen molar-refractivity contribution in [3.8, 4) is 0 Å². The predicted molar refractivity (Wildman–Crippen MR) is 39.9 cm³/mol. The largest absolute Gasteiger partial charge is 0.469 e. The molecule has 64 valence electrons. The van der Waals surface area contributed by atoms with Crippen molar-refractivity contribution in [2.45, 2.75) is 13.3 Å². The third kappa shape index (κ3) is 3.60. The SMILES string of the molecule is CCN(C)C(=O)CC(=O)OC. The molecule has 4 heteroatoms. The molecule has 1 amide bonds. The molecule has 11 heavy (non-hydrogen) atoms. The van der Waals surface area contributed by atoms with Crippen LogP contribution in [0.1, 0.15) is 13.3 Å². The Morgan fingerprint density at radius 3 is 2.36 bits per heavy atom. The Labute approximate surface area is 66.1 Å². The maximum atomic E-state index is 11.0. The van der Waals surface area contributed by atoms with Gasteiger partial charge >= 0.3 is 5.97 Å². The van der Waals surface area contributed by atoms with Gasteiger partial charge in [-0.15, -0.1) is 0 Å². The van der Waals surface area contributed by atoms with Crippen molar-refractivity contribution in [2.24, 2.45) is 0 Å². The van der Waals surface area contributed by atoms with Crippen LogP contribution >= 0.6 is 0 Å². The quantitative estimate of drug-likeness (QED) is 0.431. The molecular formula is C7H13NO3. The number of esters is 1.